The fourth-order valence-corrected chi connectivity index (χ4v) is 2.61. The summed E-state index contributed by atoms with van der Waals surface area (Å²) >= 11 is 11.6. The number of hydrogen-bond donors (Lipinski definition) is 0. The smallest absolute Gasteiger partial charge is 0.223 e. The van der Waals surface area contributed by atoms with Crippen molar-refractivity contribution < 1.29 is 0 Å². The molecule has 2 atom stereocenters. The number of fused-ring (bicyclic) bond motifs is 3. The number of halogens is 2. The molecular formula is C8H6Cl2N2. The topological polar surface area (TPSA) is 25.8 Å². The van der Waals surface area contributed by atoms with Crippen molar-refractivity contribution in [1.82, 2.24) is 9.97 Å². The van der Waals surface area contributed by atoms with Crippen molar-refractivity contribution in [3.05, 3.63) is 21.7 Å². The minimum Gasteiger partial charge on any atom is -0.223 e. The summed E-state index contributed by atoms with van der Waals surface area (Å²) in [6.45, 7) is 0. The molecule has 0 radical (unpaired) electrons. The van der Waals surface area contributed by atoms with Crippen molar-refractivity contribution >= 4 is 23.2 Å². The Kier molecular flexibility index (Phi) is 1.25. The zero-order valence-electron chi connectivity index (χ0n) is 6.22. The van der Waals surface area contributed by atoms with Crippen LogP contribution in [0.5, 0.6) is 0 Å². The lowest BCUT2D eigenvalue weighted by Crippen LogP contribution is -1.96. The molecule has 4 heteroatoms. The Labute approximate surface area is 79.9 Å². The van der Waals surface area contributed by atoms with Gasteiger partial charge < -0.3 is 0 Å². The van der Waals surface area contributed by atoms with Gasteiger partial charge in [0.1, 0.15) is 5.15 Å². The molecular weight excluding hydrogens is 195 g/mol. The number of nitrogens with zero attached hydrogens (tertiary/aromatic N) is 2. The summed E-state index contributed by atoms with van der Waals surface area (Å²) in [7, 11) is 0. The van der Waals surface area contributed by atoms with E-state index < -0.39 is 0 Å². The Morgan fingerprint density at radius 2 is 2.08 bits per heavy atom. The quantitative estimate of drug-likeness (QED) is 0.475. The Bertz CT molecular complexity index is 364. The molecule has 2 nitrogen and oxygen atoms in total. The van der Waals surface area contributed by atoms with Crippen molar-refractivity contribution in [3.8, 4) is 0 Å². The highest BCUT2D eigenvalue weighted by molar-refractivity contribution is 6.32. The third-order valence-corrected chi connectivity index (χ3v) is 3.16. The first-order valence-corrected chi connectivity index (χ1v) is 4.73. The third-order valence-electron chi connectivity index (χ3n) is 2.70. The predicted molar refractivity (Wildman–Crippen MR) is 46.6 cm³/mol. The minimum absolute atomic E-state index is 0.278. The molecule has 2 aliphatic rings. The SMILES string of the molecule is Clc1nc(Cl)c2c(n1)C[C@H]1C[C@@H]21. The van der Waals surface area contributed by atoms with Gasteiger partial charge in [0.05, 0.1) is 5.69 Å². The van der Waals surface area contributed by atoms with Crippen molar-refractivity contribution in [2.75, 3.05) is 0 Å². The van der Waals surface area contributed by atoms with Gasteiger partial charge in [-0.1, -0.05) is 11.6 Å². The highest BCUT2D eigenvalue weighted by atomic mass is 35.5. The van der Waals surface area contributed by atoms with E-state index >= 15 is 0 Å². The first-order chi connectivity index (χ1) is 5.75. The van der Waals surface area contributed by atoms with Crippen LogP contribution < -0.4 is 0 Å². The molecule has 1 saturated carbocycles. The van der Waals surface area contributed by atoms with Crippen LogP contribution in [0.25, 0.3) is 0 Å². The summed E-state index contributed by atoms with van der Waals surface area (Å²) in [5.74, 6) is 1.43. The van der Waals surface area contributed by atoms with Crippen molar-refractivity contribution in [1.29, 1.82) is 0 Å². The lowest BCUT2D eigenvalue weighted by molar-refractivity contribution is 0.834. The first kappa shape index (κ1) is 7.10. The Hall–Kier alpha value is -0.340. The average Bonchev–Trinajstić information content (AvgIpc) is 2.60. The Balaban J connectivity index is 2.24. The van der Waals surface area contributed by atoms with Crippen molar-refractivity contribution in [2.45, 2.75) is 18.8 Å². The number of aromatic nitrogens is 2. The van der Waals surface area contributed by atoms with Gasteiger partial charge in [0, 0.05) is 5.56 Å². The van der Waals surface area contributed by atoms with E-state index in [1.807, 2.05) is 0 Å². The summed E-state index contributed by atoms with van der Waals surface area (Å²) in [5, 5.41) is 0.843. The molecule has 0 spiro atoms. The van der Waals surface area contributed by atoms with Gasteiger partial charge >= 0.3 is 0 Å². The number of hydrogen-bond acceptors (Lipinski definition) is 2. The maximum Gasteiger partial charge on any atom is 0.224 e. The molecule has 0 N–H and O–H groups in total. The van der Waals surface area contributed by atoms with E-state index in [9.17, 15) is 0 Å². The Morgan fingerprint density at radius 3 is 2.92 bits per heavy atom. The second kappa shape index (κ2) is 2.12. The van der Waals surface area contributed by atoms with E-state index in [2.05, 4.69) is 9.97 Å². The van der Waals surface area contributed by atoms with E-state index in [-0.39, 0.29) is 5.28 Å². The van der Waals surface area contributed by atoms with E-state index in [1.165, 1.54) is 6.42 Å². The van der Waals surface area contributed by atoms with Crippen LogP contribution in [0.1, 0.15) is 23.6 Å². The first-order valence-electron chi connectivity index (χ1n) is 3.97. The normalized spacial score (nSPS) is 29.8. The fourth-order valence-electron chi connectivity index (χ4n) is 2.05. The van der Waals surface area contributed by atoms with Gasteiger partial charge in [0.2, 0.25) is 5.28 Å². The van der Waals surface area contributed by atoms with Gasteiger partial charge in [-0.05, 0) is 36.3 Å². The van der Waals surface area contributed by atoms with Crippen LogP contribution in [0.3, 0.4) is 0 Å². The van der Waals surface area contributed by atoms with Crippen LogP contribution in [0, 0.1) is 5.92 Å². The molecule has 2 aliphatic carbocycles. The summed E-state index contributed by atoms with van der Waals surface area (Å²) in [4.78, 5) is 8.11. The van der Waals surface area contributed by atoms with Gasteiger partial charge in [0.15, 0.2) is 0 Å². The predicted octanol–water partition coefficient (Wildman–Crippen LogP) is 2.44. The van der Waals surface area contributed by atoms with Crippen LogP contribution in [-0.2, 0) is 6.42 Å². The molecule has 0 bridgehead atoms. The second-order valence-corrected chi connectivity index (χ2v) is 4.15. The van der Waals surface area contributed by atoms with Gasteiger partial charge in [-0.15, -0.1) is 0 Å². The Morgan fingerprint density at radius 1 is 1.25 bits per heavy atom. The average molecular weight is 201 g/mol. The largest absolute Gasteiger partial charge is 0.224 e. The minimum atomic E-state index is 0.278. The molecule has 0 saturated heterocycles. The maximum atomic E-state index is 5.96. The van der Waals surface area contributed by atoms with Crippen LogP contribution in [0.4, 0.5) is 0 Å². The van der Waals surface area contributed by atoms with Crippen LogP contribution in [0.2, 0.25) is 10.4 Å². The lowest BCUT2D eigenvalue weighted by atomic mass is 10.2. The van der Waals surface area contributed by atoms with E-state index in [4.69, 9.17) is 23.2 Å². The molecule has 1 fully saturated rings. The van der Waals surface area contributed by atoms with E-state index in [1.54, 1.807) is 0 Å². The molecule has 1 aromatic heterocycles. The number of rotatable bonds is 0. The second-order valence-electron chi connectivity index (χ2n) is 3.45. The third kappa shape index (κ3) is 0.824. The zero-order valence-corrected chi connectivity index (χ0v) is 7.73. The molecule has 12 heavy (non-hydrogen) atoms. The van der Waals surface area contributed by atoms with Crippen LogP contribution in [0.15, 0.2) is 0 Å². The van der Waals surface area contributed by atoms with Crippen molar-refractivity contribution in [2.24, 2.45) is 5.92 Å². The fraction of sp³-hybridized carbons (Fsp3) is 0.500. The van der Waals surface area contributed by atoms with Crippen molar-refractivity contribution in [3.63, 3.8) is 0 Å². The van der Waals surface area contributed by atoms with E-state index in [0.717, 1.165) is 23.6 Å². The molecule has 1 aromatic rings. The standard InChI is InChI=1S/C8H6Cl2N2/c9-7-6-4-1-3(4)2-5(6)11-8(10)12-7/h3-4H,1-2H2/t3-,4-/m1/s1. The van der Waals surface area contributed by atoms with Crippen LogP contribution >= 0.6 is 23.2 Å². The lowest BCUT2D eigenvalue weighted by Gasteiger charge is -2.02. The monoisotopic (exact) mass is 200 g/mol. The summed E-state index contributed by atoms with van der Waals surface area (Å²) in [6.07, 6.45) is 2.31. The molecule has 0 amide bonds. The van der Waals surface area contributed by atoms with Gasteiger partial charge in [-0.2, -0.15) is 0 Å². The van der Waals surface area contributed by atoms with E-state index in [0.29, 0.717) is 11.1 Å². The summed E-state index contributed by atoms with van der Waals surface area (Å²) in [6, 6.07) is 0. The highest BCUT2D eigenvalue weighted by Gasteiger charge is 2.47. The molecule has 1 heterocycles. The molecule has 0 aromatic carbocycles. The molecule has 62 valence electrons. The highest BCUT2D eigenvalue weighted by Crippen LogP contribution is 2.57. The maximum absolute atomic E-state index is 5.96. The molecule has 0 unspecified atom stereocenters. The molecule has 3 rings (SSSR count). The molecule has 0 aliphatic heterocycles. The summed E-state index contributed by atoms with van der Waals surface area (Å²) < 4.78 is 0. The van der Waals surface area contributed by atoms with Gasteiger partial charge in [0.25, 0.3) is 0 Å². The van der Waals surface area contributed by atoms with Gasteiger partial charge in [-0.25, -0.2) is 9.97 Å². The zero-order chi connectivity index (χ0) is 8.29. The summed E-state index contributed by atoms with van der Waals surface area (Å²) in [5.41, 5.74) is 2.23. The van der Waals surface area contributed by atoms with Crippen LogP contribution in [-0.4, -0.2) is 9.97 Å². The van der Waals surface area contributed by atoms with Gasteiger partial charge in [-0.3, -0.25) is 0 Å².